The second kappa shape index (κ2) is 9.52. The highest BCUT2D eigenvalue weighted by Gasteiger charge is 2.24. The second-order valence-electron chi connectivity index (χ2n) is 6.07. The maximum atomic E-state index is 10.6. The number of hydrogen-bond donors (Lipinski definition) is 3. The summed E-state index contributed by atoms with van der Waals surface area (Å²) in [4.78, 5) is 4.47. The van der Waals surface area contributed by atoms with E-state index < -0.39 is 5.60 Å². The van der Waals surface area contributed by atoms with Gasteiger partial charge in [0, 0.05) is 38.5 Å². The first kappa shape index (κ1) is 19.4. The van der Waals surface area contributed by atoms with Gasteiger partial charge < -0.3 is 20.5 Å². The molecule has 1 aromatic heterocycles. The van der Waals surface area contributed by atoms with Crippen molar-refractivity contribution in [2.24, 2.45) is 12.0 Å². The van der Waals surface area contributed by atoms with Crippen LogP contribution in [-0.2, 0) is 17.4 Å². The van der Waals surface area contributed by atoms with Gasteiger partial charge in [-0.05, 0) is 34.1 Å². The Bertz CT molecular complexity index is 483. The van der Waals surface area contributed by atoms with Crippen molar-refractivity contribution < 1.29 is 9.84 Å². The molecule has 0 fully saturated rings. The molecule has 132 valence electrons. The standard InChI is InChI=1S/C16H31N5O2/c1-6-17-15(18-8-7-9-23-13(2)3)19-12-16(4,22)14-10-20-21(5)11-14/h10-11,13,22H,6-9,12H2,1-5H3,(H2,17,18,19). The fraction of sp³-hybridized carbons (Fsp3) is 0.750. The monoisotopic (exact) mass is 325 g/mol. The summed E-state index contributed by atoms with van der Waals surface area (Å²) in [5.74, 6) is 0.696. The van der Waals surface area contributed by atoms with Crippen LogP contribution in [0.25, 0.3) is 0 Å². The van der Waals surface area contributed by atoms with Crippen molar-refractivity contribution in [3.63, 3.8) is 0 Å². The van der Waals surface area contributed by atoms with E-state index in [-0.39, 0.29) is 12.6 Å². The zero-order chi connectivity index (χ0) is 17.3. The van der Waals surface area contributed by atoms with Gasteiger partial charge in [-0.1, -0.05) is 0 Å². The van der Waals surface area contributed by atoms with E-state index in [1.165, 1.54) is 0 Å². The fourth-order valence-electron chi connectivity index (χ4n) is 1.96. The molecule has 7 nitrogen and oxygen atoms in total. The largest absolute Gasteiger partial charge is 0.383 e. The molecule has 0 aliphatic carbocycles. The van der Waals surface area contributed by atoms with Gasteiger partial charge in [0.15, 0.2) is 5.96 Å². The zero-order valence-electron chi connectivity index (χ0n) is 15.0. The van der Waals surface area contributed by atoms with Gasteiger partial charge in [-0.25, -0.2) is 4.99 Å². The van der Waals surface area contributed by atoms with Crippen molar-refractivity contribution in [2.75, 3.05) is 26.2 Å². The number of aryl methyl sites for hydroxylation is 1. The van der Waals surface area contributed by atoms with Crippen LogP contribution in [0.4, 0.5) is 0 Å². The molecule has 0 radical (unpaired) electrons. The predicted molar refractivity (Wildman–Crippen MR) is 92.5 cm³/mol. The number of aliphatic imine (C=N–C) groups is 1. The van der Waals surface area contributed by atoms with Gasteiger partial charge in [0.05, 0.1) is 18.8 Å². The van der Waals surface area contributed by atoms with Gasteiger partial charge in [0.2, 0.25) is 0 Å². The van der Waals surface area contributed by atoms with E-state index in [9.17, 15) is 5.11 Å². The van der Waals surface area contributed by atoms with Crippen LogP contribution in [0, 0.1) is 0 Å². The Labute approximate surface area is 139 Å². The maximum Gasteiger partial charge on any atom is 0.191 e. The van der Waals surface area contributed by atoms with Crippen LogP contribution < -0.4 is 10.6 Å². The molecule has 0 aliphatic rings. The van der Waals surface area contributed by atoms with E-state index in [0.29, 0.717) is 5.96 Å². The van der Waals surface area contributed by atoms with E-state index in [1.807, 2.05) is 27.8 Å². The van der Waals surface area contributed by atoms with Gasteiger partial charge in [-0.2, -0.15) is 5.10 Å². The Morgan fingerprint density at radius 3 is 2.78 bits per heavy atom. The summed E-state index contributed by atoms with van der Waals surface area (Å²) < 4.78 is 7.18. The van der Waals surface area contributed by atoms with Gasteiger partial charge in [-0.3, -0.25) is 4.68 Å². The Balaban J connectivity index is 2.50. The molecule has 1 aromatic rings. The van der Waals surface area contributed by atoms with Crippen molar-refractivity contribution in [3.05, 3.63) is 18.0 Å². The van der Waals surface area contributed by atoms with Gasteiger partial charge in [-0.15, -0.1) is 0 Å². The van der Waals surface area contributed by atoms with Crippen LogP contribution in [0.5, 0.6) is 0 Å². The molecule has 0 spiro atoms. The normalized spacial score (nSPS) is 14.8. The number of nitrogens with zero attached hydrogens (tertiary/aromatic N) is 3. The van der Waals surface area contributed by atoms with E-state index in [0.717, 1.165) is 31.7 Å². The average Bonchev–Trinajstić information content (AvgIpc) is 2.91. The molecule has 23 heavy (non-hydrogen) atoms. The van der Waals surface area contributed by atoms with Crippen molar-refractivity contribution in [2.45, 2.75) is 45.8 Å². The first-order valence-corrected chi connectivity index (χ1v) is 8.20. The summed E-state index contributed by atoms with van der Waals surface area (Å²) in [6, 6.07) is 0. The Hall–Kier alpha value is -1.60. The minimum Gasteiger partial charge on any atom is -0.383 e. The SMILES string of the molecule is CCNC(=NCC(C)(O)c1cnn(C)c1)NCCCOC(C)C. The summed E-state index contributed by atoms with van der Waals surface area (Å²) in [6.45, 7) is 10.3. The third-order valence-electron chi connectivity index (χ3n) is 3.28. The second-order valence-corrected chi connectivity index (χ2v) is 6.07. The molecule has 1 rings (SSSR count). The number of ether oxygens (including phenoxy) is 1. The lowest BCUT2D eigenvalue weighted by atomic mass is 10.0. The Morgan fingerprint density at radius 2 is 2.22 bits per heavy atom. The average molecular weight is 325 g/mol. The minimum atomic E-state index is -1.04. The third-order valence-corrected chi connectivity index (χ3v) is 3.28. The molecular formula is C16H31N5O2. The van der Waals surface area contributed by atoms with Crippen molar-refractivity contribution in [1.82, 2.24) is 20.4 Å². The Kier molecular flexibility index (Phi) is 8.05. The third kappa shape index (κ3) is 7.47. The molecule has 0 aromatic carbocycles. The molecule has 0 saturated carbocycles. The summed E-state index contributed by atoms with van der Waals surface area (Å²) >= 11 is 0. The van der Waals surface area contributed by atoms with Crippen LogP contribution in [0.1, 0.15) is 39.7 Å². The molecule has 1 unspecified atom stereocenters. The van der Waals surface area contributed by atoms with E-state index in [2.05, 4.69) is 20.7 Å². The maximum absolute atomic E-state index is 10.6. The fourth-order valence-corrected chi connectivity index (χ4v) is 1.96. The molecule has 0 amide bonds. The molecule has 0 aliphatic heterocycles. The first-order valence-electron chi connectivity index (χ1n) is 8.20. The minimum absolute atomic E-state index is 0.256. The first-order chi connectivity index (χ1) is 10.8. The topological polar surface area (TPSA) is 83.7 Å². The lowest BCUT2D eigenvalue weighted by Gasteiger charge is -2.20. The van der Waals surface area contributed by atoms with Crippen LogP contribution >= 0.6 is 0 Å². The van der Waals surface area contributed by atoms with E-state index >= 15 is 0 Å². The number of hydrogen-bond acceptors (Lipinski definition) is 4. The summed E-state index contributed by atoms with van der Waals surface area (Å²) in [7, 11) is 1.83. The Morgan fingerprint density at radius 1 is 1.48 bits per heavy atom. The highest BCUT2D eigenvalue weighted by atomic mass is 16.5. The number of aromatic nitrogens is 2. The number of aliphatic hydroxyl groups is 1. The summed E-state index contributed by atoms with van der Waals surface area (Å²) in [5.41, 5.74) is -0.290. The molecule has 0 saturated heterocycles. The van der Waals surface area contributed by atoms with Crippen molar-refractivity contribution in [3.8, 4) is 0 Å². The van der Waals surface area contributed by atoms with Crippen LogP contribution in [0.3, 0.4) is 0 Å². The molecular weight excluding hydrogens is 294 g/mol. The van der Waals surface area contributed by atoms with Gasteiger partial charge in [0.1, 0.15) is 5.60 Å². The lowest BCUT2D eigenvalue weighted by molar-refractivity contribution is 0.0670. The summed E-state index contributed by atoms with van der Waals surface area (Å²) in [5, 5.41) is 21.1. The van der Waals surface area contributed by atoms with Gasteiger partial charge >= 0.3 is 0 Å². The number of guanidine groups is 1. The number of nitrogens with one attached hydrogen (secondary N) is 2. The highest BCUT2D eigenvalue weighted by molar-refractivity contribution is 5.79. The van der Waals surface area contributed by atoms with Crippen molar-refractivity contribution in [1.29, 1.82) is 0 Å². The van der Waals surface area contributed by atoms with Crippen LogP contribution in [0.15, 0.2) is 17.4 Å². The van der Waals surface area contributed by atoms with E-state index in [1.54, 1.807) is 24.0 Å². The highest BCUT2D eigenvalue weighted by Crippen LogP contribution is 2.19. The van der Waals surface area contributed by atoms with Crippen molar-refractivity contribution >= 4 is 5.96 Å². The summed E-state index contributed by atoms with van der Waals surface area (Å²) in [6.07, 6.45) is 4.63. The van der Waals surface area contributed by atoms with Crippen LogP contribution in [-0.4, -0.2) is 53.2 Å². The zero-order valence-corrected chi connectivity index (χ0v) is 15.0. The molecule has 1 heterocycles. The molecule has 3 N–H and O–H groups in total. The van der Waals surface area contributed by atoms with Gasteiger partial charge in [0.25, 0.3) is 0 Å². The molecule has 0 bridgehead atoms. The predicted octanol–water partition coefficient (Wildman–Crippen LogP) is 0.998. The molecule has 7 heteroatoms. The lowest BCUT2D eigenvalue weighted by Crippen LogP contribution is -2.39. The van der Waals surface area contributed by atoms with E-state index in [4.69, 9.17) is 4.74 Å². The smallest absolute Gasteiger partial charge is 0.191 e. The molecule has 1 atom stereocenters. The quantitative estimate of drug-likeness (QED) is 0.358. The van der Waals surface area contributed by atoms with Crippen LogP contribution in [0.2, 0.25) is 0 Å². The number of rotatable bonds is 9.